The molecule has 0 bridgehead atoms. The van der Waals surface area contributed by atoms with Gasteiger partial charge in [0.1, 0.15) is 17.2 Å². The number of aliphatic hydroxyl groups excluding tert-OH is 1. The summed E-state index contributed by atoms with van der Waals surface area (Å²) in [6.45, 7) is 10.2. The van der Waals surface area contributed by atoms with E-state index in [0.717, 1.165) is 84.8 Å². The van der Waals surface area contributed by atoms with E-state index in [-0.39, 0.29) is 5.57 Å². The van der Waals surface area contributed by atoms with Crippen LogP contribution in [-0.2, 0) is 30.3 Å². The molecule has 3 rings (SSSR count). The van der Waals surface area contributed by atoms with E-state index in [4.69, 9.17) is 28.8 Å². The van der Waals surface area contributed by atoms with Crippen molar-refractivity contribution in [3.05, 3.63) is 109 Å². The van der Waals surface area contributed by atoms with E-state index in [2.05, 4.69) is 13.2 Å². The first-order chi connectivity index (χ1) is 23.8. The van der Waals surface area contributed by atoms with E-state index in [1.54, 1.807) is 12.1 Å². The quantitative estimate of drug-likeness (QED) is 0.0503. The molecule has 0 aromatic heterocycles. The molecule has 0 aliphatic heterocycles. The van der Waals surface area contributed by atoms with Crippen molar-refractivity contribution in [2.75, 3.05) is 33.0 Å². The fourth-order valence-corrected chi connectivity index (χ4v) is 4.58. The topological polar surface area (TPSA) is 118 Å². The molecule has 0 saturated heterocycles. The summed E-state index contributed by atoms with van der Waals surface area (Å²) in [4.78, 5) is 35.1. The highest BCUT2D eigenvalue weighted by Crippen LogP contribution is 2.26. The molecular weight excluding hydrogens is 624 g/mol. The van der Waals surface area contributed by atoms with Crippen molar-refractivity contribution in [3.8, 4) is 28.4 Å². The first-order valence-electron chi connectivity index (χ1n) is 16.6. The summed E-state index contributed by atoms with van der Waals surface area (Å²) in [6, 6.07) is 21.1. The maximum Gasteiger partial charge on any atom is 0.336 e. The zero-order valence-corrected chi connectivity index (χ0v) is 28.2. The smallest absolute Gasteiger partial charge is 0.336 e. The summed E-state index contributed by atoms with van der Waals surface area (Å²) in [6.07, 6.45) is 9.89. The van der Waals surface area contributed by atoms with Gasteiger partial charge in [0.15, 0.2) is 0 Å². The number of ether oxygens (including phenoxy) is 5. The van der Waals surface area contributed by atoms with Crippen molar-refractivity contribution in [3.63, 3.8) is 0 Å². The lowest BCUT2D eigenvalue weighted by Crippen LogP contribution is -2.10. The van der Waals surface area contributed by atoms with E-state index in [1.165, 1.54) is 6.08 Å². The van der Waals surface area contributed by atoms with Gasteiger partial charge < -0.3 is 28.8 Å². The number of rotatable bonds is 22. The Morgan fingerprint density at radius 3 is 1.98 bits per heavy atom. The third-order valence-corrected chi connectivity index (χ3v) is 7.37. The third-order valence-electron chi connectivity index (χ3n) is 7.37. The van der Waals surface area contributed by atoms with E-state index in [0.29, 0.717) is 32.2 Å². The lowest BCUT2D eigenvalue weighted by atomic mass is 10.0. The van der Waals surface area contributed by atoms with Gasteiger partial charge in [0, 0.05) is 12.2 Å². The van der Waals surface area contributed by atoms with E-state index >= 15 is 0 Å². The number of carbonyl (C=O) groups excluding carboxylic acids is 3. The predicted octanol–water partition coefficient (Wildman–Crippen LogP) is 7.45. The van der Waals surface area contributed by atoms with Gasteiger partial charge in [0.2, 0.25) is 0 Å². The second kappa shape index (κ2) is 21.7. The second-order valence-corrected chi connectivity index (χ2v) is 11.1. The molecule has 0 radical (unpaired) electrons. The number of esters is 3. The number of carbonyl (C=O) groups is 3. The highest BCUT2D eigenvalue weighted by Gasteiger charge is 2.09. The Hall–Kier alpha value is -5.15. The highest BCUT2D eigenvalue weighted by atomic mass is 16.5. The average Bonchev–Trinajstić information content (AvgIpc) is 3.13. The molecule has 9 heteroatoms. The first-order valence-corrected chi connectivity index (χ1v) is 16.6. The van der Waals surface area contributed by atoms with Gasteiger partial charge in [0.25, 0.3) is 0 Å². The number of benzene rings is 3. The molecule has 1 N–H and O–H groups in total. The molecule has 9 nitrogen and oxygen atoms in total. The fourth-order valence-electron chi connectivity index (χ4n) is 4.58. The van der Waals surface area contributed by atoms with Crippen LogP contribution in [0.1, 0.15) is 56.6 Å². The van der Waals surface area contributed by atoms with Gasteiger partial charge in [-0.3, -0.25) is 0 Å². The normalized spacial score (nSPS) is 10.7. The number of aryl methyl sites for hydroxylation is 1. The van der Waals surface area contributed by atoms with Crippen molar-refractivity contribution < 1.29 is 43.2 Å². The van der Waals surface area contributed by atoms with Crippen LogP contribution in [-0.4, -0.2) is 56.0 Å². The van der Waals surface area contributed by atoms with Gasteiger partial charge in [-0.1, -0.05) is 56.5 Å². The Morgan fingerprint density at radius 2 is 1.31 bits per heavy atom. The monoisotopic (exact) mass is 670 g/mol. The molecule has 0 atom stereocenters. The summed E-state index contributed by atoms with van der Waals surface area (Å²) in [5, 5.41) is 8.88. The van der Waals surface area contributed by atoms with Gasteiger partial charge in [-0.25, -0.2) is 14.4 Å². The Kier molecular flexibility index (Phi) is 16.9. The molecule has 0 unspecified atom stereocenters. The van der Waals surface area contributed by atoms with Gasteiger partial charge >= 0.3 is 17.9 Å². The number of aliphatic hydroxyl groups is 1. The van der Waals surface area contributed by atoms with Crippen LogP contribution in [0.25, 0.3) is 17.2 Å². The molecule has 0 aliphatic carbocycles. The number of hydrogen-bond donors (Lipinski definition) is 1. The van der Waals surface area contributed by atoms with Gasteiger partial charge in [-0.05, 0) is 104 Å². The average molecular weight is 671 g/mol. The third kappa shape index (κ3) is 14.2. The molecule has 0 amide bonds. The van der Waals surface area contributed by atoms with Crippen LogP contribution in [0.4, 0.5) is 0 Å². The van der Waals surface area contributed by atoms with E-state index < -0.39 is 24.5 Å². The van der Waals surface area contributed by atoms with E-state index in [9.17, 15) is 14.4 Å². The Balaban J connectivity index is 1.38. The number of unbranched alkanes of at least 4 members (excludes halogenated alkanes) is 4. The second-order valence-electron chi connectivity index (χ2n) is 11.1. The Morgan fingerprint density at radius 1 is 0.714 bits per heavy atom. The molecule has 0 aliphatic rings. The molecule has 260 valence electrons. The van der Waals surface area contributed by atoms with Crippen LogP contribution in [0.3, 0.4) is 0 Å². The van der Waals surface area contributed by atoms with Crippen molar-refractivity contribution >= 4 is 24.0 Å². The Labute approximate surface area is 288 Å². The molecule has 3 aromatic rings. The van der Waals surface area contributed by atoms with Gasteiger partial charge in [-0.2, -0.15) is 0 Å². The molecule has 0 spiro atoms. The Bertz CT molecular complexity index is 1540. The molecule has 49 heavy (non-hydrogen) atoms. The zero-order chi connectivity index (χ0) is 35.3. The summed E-state index contributed by atoms with van der Waals surface area (Å²) in [5.74, 6) is 0.539. The van der Waals surface area contributed by atoms with Gasteiger partial charge in [-0.15, -0.1) is 0 Å². The van der Waals surface area contributed by atoms with Crippen LogP contribution in [0.5, 0.6) is 17.2 Å². The summed E-state index contributed by atoms with van der Waals surface area (Å²) in [7, 11) is 0. The molecular formula is C40H46O9. The molecule has 0 heterocycles. The zero-order valence-electron chi connectivity index (χ0n) is 28.2. The molecule has 0 saturated carbocycles. The number of hydrogen-bond acceptors (Lipinski definition) is 9. The maximum absolute atomic E-state index is 12.5. The summed E-state index contributed by atoms with van der Waals surface area (Å²) in [5.41, 5.74) is 3.95. The lowest BCUT2D eigenvalue weighted by molar-refractivity contribution is -0.140. The van der Waals surface area contributed by atoms with Crippen LogP contribution in [0.2, 0.25) is 0 Å². The first kappa shape index (κ1) is 38.3. The highest BCUT2D eigenvalue weighted by molar-refractivity contribution is 5.89. The van der Waals surface area contributed by atoms with E-state index in [1.807, 2.05) is 67.6 Å². The fraction of sp³-hybridized carbons (Fsp3) is 0.325. The van der Waals surface area contributed by atoms with Crippen LogP contribution >= 0.6 is 0 Å². The van der Waals surface area contributed by atoms with Crippen molar-refractivity contribution in [1.82, 2.24) is 0 Å². The maximum atomic E-state index is 12.5. The minimum Gasteiger partial charge on any atom is -0.494 e. The SMILES string of the molecule is C=CC(=O)OCCCCOc1ccc(-c2ccc(/C=C/C(=O)Oc3ccc(OCCCCCCOC(=O)C(=C)CO)c(CC)c3)cc2)cc1. The van der Waals surface area contributed by atoms with Crippen LogP contribution in [0, 0.1) is 0 Å². The summed E-state index contributed by atoms with van der Waals surface area (Å²) >= 11 is 0. The van der Waals surface area contributed by atoms with Crippen molar-refractivity contribution in [1.29, 1.82) is 0 Å². The minimum atomic E-state index is -0.559. The van der Waals surface area contributed by atoms with Crippen LogP contribution in [0.15, 0.2) is 97.6 Å². The molecule has 3 aromatic carbocycles. The lowest BCUT2D eigenvalue weighted by Gasteiger charge is -2.12. The van der Waals surface area contributed by atoms with Crippen LogP contribution < -0.4 is 14.2 Å². The standard InChI is InChI=1S/C40H46O9/c1-4-32-28-36(21-22-37(32)46-25-8-6-7-9-27-48-40(44)30(3)29-41)49-39(43)23-14-31-12-15-33(16-13-31)34-17-19-35(20-18-34)45-24-10-11-26-47-38(42)5-2/h5,12-23,28,41H,2-4,6-11,24-27,29H2,1H3/b23-14+. The van der Waals surface area contributed by atoms with Crippen molar-refractivity contribution in [2.45, 2.75) is 51.9 Å². The predicted molar refractivity (Wildman–Crippen MR) is 189 cm³/mol. The largest absolute Gasteiger partial charge is 0.494 e. The summed E-state index contributed by atoms with van der Waals surface area (Å²) < 4.78 is 27.3. The minimum absolute atomic E-state index is 0.0580. The van der Waals surface area contributed by atoms with Crippen molar-refractivity contribution in [2.24, 2.45) is 0 Å². The van der Waals surface area contributed by atoms with Gasteiger partial charge in [0.05, 0.1) is 38.6 Å². The molecule has 0 fully saturated rings.